The smallest absolute Gasteiger partial charge is 0.303 e. The molecule has 0 aromatic heterocycles. The van der Waals surface area contributed by atoms with E-state index < -0.39 is 19.5 Å². The molecule has 1 aliphatic rings. The van der Waals surface area contributed by atoms with Crippen molar-refractivity contribution >= 4 is 18.7 Å². The molecule has 7 nitrogen and oxygen atoms in total. The lowest BCUT2D eigenvalue weighted by molar-refractivity contribution is -0.133. The highest BCUT2D eigenvalue weighted by molar-refractivity contribution is 7.64. The van der Waals surface area contributed by atoms with Crippen LogP contribution in [0.3, 0.4) is 0 Å². The molecule has 1 aromatic carbocycles. The molecule has 29 heavy (non-hydrogen) atoms. The maximum absolute atomic E-state index is 14.0. The van der Waals surface area contributed by atoms with E-state index >= 15 is 0 Å². The summed E-state index contributed by atoms with van der Waals surface area (Å²) < 4.78 is 26.8. The van der Waals surface area contributed by atoms with Crippen LogP contribution in [0.15, 0.2) is 24.3 Å². The van der Waals surface area contributed by atoms with E-state index in [-0.39, 0.29) is 0 Å². The topological polar surface area (TPSA) is 88.1 Å². The van der Waals surface area contributed by atoms with Crippen LogP contribution in [0.1, 0.15) is 64.7 Å². The first-order chi connectivity index (χ1) is 14.1. The molecule has 0 aliphatic carbocycles. The minimum absolute atomic E-state index is 0.379. The monoisotopic (exact) mass is 426 g/mol. The van der Waals surface area contributed by atoms with E-state index in [9.17, 15) is 14.6 Å². The number of amides is 1. The molecule has 0 radical (unpaired) electrons. The van der Waals surface area contributed by atoms with Gasteiger partial charge in [0, 0.05) is 6.54 Å². The van der Waals surface area contributed by atoms with Crippen LogP contribution in [0, 0.1) is 0 Å². The Morgan fingerprint density at radius 2 is 1.90 bits per heavy atom. The van der Waals surface area contributed by atoms with Crippen molar-refractivity contribution in [1.29, 1.82) is 0 Å². The third kappa shape index (κ3) is 6.54. The zero-order valence-corrected chi connectivity index (χ0v) is 18.5. The van der Waals surface area contributed by atoms with Gasteiger partial charge in [0.15, 0.2) is 0 Å². The minimum Gasteiger partial charge on any atom is -0.497 e. The van der Waals surface area contributed by atoms with Gasteiger partial charge in [-0.2, -0.15) is 0 Å². The molecule has 1 fully saturated rings. The summed E-state index contributed by atoms with van der Waals surface area (Å²) in [5.41, 5.74) is 1.77. The van der Waals surface area contributed by atoms with Crippen LogP contribution in [0.25, 0.3) is 0 Å². The fourth-order valence-electron chi connectivity index (χ4n) is 3.71. The number of hydrogen-bond donors (Lipinski definition) is 2. The first kappa shape index (κ1) is 23.9. The Balaban J connectivity index is 2.21. The summed E-state index contributed by atoms with van der Waals surface area (Å²) in [4.78, 5) is 12.5. The van der Waals surface area contributed by atoms with Gasteiger partial charge in [-0.15, -0.1) is 0 Å². The number of benzene rings is 1. The number of nitrogens with one attached hydrogen (secondary N) is 1. The van der Waals surface area contributed by atoms with Crippen LogP contribution >= 0.6 is 7.52 Å². The molecule has 164 valence electrons. The molecule has 1 aromatic rings. The molecule has 1 amide bonds. The molecule has 0 saturated carbocycles. The molecule has 2 N–H and O–H groups in total. The van der Waals surface area contributed by atoms with Crippen molar-refractivity contribution < 1.29 is 23.8 Å². The number of carbonyl (C=O) groups is 1. The van der Waals surface area contributed by atoms with E-state index in [4.69, 9.17) is 9.26 Å². The van der Waals surface area contributed by atoms with Crippen molar-refractivity contribution in [2.75, 3.05) is 20.3 Å². The predicted molar refractivity (Wildman–Crippen MR) is 114 cm³/mol. The van der Waals surface area contributed by atoms with Crippen molar-refractivity contribution in [2.45, 2.75) is 70.8 Å². The summed E-state index contributed by atoms with van der Waals surface area (Å²) in [5, 5.41) is 9.86. The summed E-state index contributed by atoms with van der Waals surface area (Å²) in [6.07, 6.45) is 8.64. The van der Waals surface area contributed by atoms with Crippen molar-refractivity contribution in [2.24, 2.45) is 0 Å². The van der Waals surface area contributed by atoms with Crippen LogP contribution in [-0.4, -0.2) is 42.1 Å². The van der Waals surface area contributed by atoms with Crippen LogP contribution in [0.5, 0.6) is 5.75 Å². The molecule has 8 heteroatoms. The highest BCUT2D eigenvalue weighted by Crippen LogP contribution is 2.53. The van der Waals surface area contributed by atoms with E-state index in [1.807, 2.05) is 0 Å². The van der Waals surface area contributed by atoms with Crippen LogP contribution in [0.2, 0.25) is 0 Å². The highest BCUT2D eigenvalue weighted by atomic mass is 31.2. The Hall–Kier alpha value is -1.40. The number of rotatable bonds is 11. The number of hydrogen-bond acceptors (Lipinski definition) is 5. The molecule has 2 atom stereocenters. The Labute approximate surface area is 174 Å². The normalized spacial score (nSPS) is 21.3. The number of ether oxygens (including phenoxy) is 1. The quantitative estimate of drug-likeness (QED) is 0.238. The second-order valence-electron chi connectivity index (χ2n) is 7.47. The largest absolute Gasteiger partial charge is 0.497 e. The van der Waals surface area contributed by atoms with Gasteiger partial charge >= 0.3 is 7.52 Å². The van der Waals surface area contributed by atoms with Crippen LogP contribution in [-0.2, 0) is 13.9 Å². The predicted octanol–water partition coefficient (Wildman–Crippen LogP) is 4.25. The average molecular weight is 426 g/mol. The summed E-state index contributed by atoms with van der Waals surface area (Å²) in [6, 6.07) is 6.26. The van der Waals surface area contributed by atoms with E-state index in [2.05, 4.69) is 6.92 Å². The molecule has 1 aliphatic heterocycles. The lowest BCUT2D eigenvalue weighted by Gasteiger charge is -2.34. The van der Waals surface area contributed by atoms with Gasteiger partial charge in [0.1, 0.15) is 5.75 Å². The second kappa shape index (κ2) is 12.3. The van der Waals surface area contributed by atoms with Gasteiger partial charge in [0.25, 0.3) is 5.91 Å². The minimum atomic E-state index is -3.43. The van der Waals surface area contributed by atoms with Gasteiger partial charge in [-0.05, 0) is 43.5 Å². The summed E-state index contributed by atoms with van der Waals surface area (Å²) in [6.45, 7) is 3.04. The molecule has 1 saturated heterocycles. The van der Waals surface area contributed by atoms with Gasteiger partial charge in [0.05, 0.1) is 25.1 Å². The number of unbranched alkanes of at least 4 members (excludes halogenated alkanes) is 5. The van der Waals surface area contributed by atoms with E-state index in [1.165, 1.54) is 19.3 Å². The molecular weight excluding hydrogens is 391 g/mol. The van der Waals surface area contributed by atoms with E-state index in [0.717, 1.165) is 32.1 Å². The van der Waals surface area contributed by atoms with Crippen molar-refractivity contribution in [3.8, 4) is 5.75 Å². The van der Waals surface area contributed by atoms with Gasteiger partial charge in [-0.25, -0.2) is 10.2 Å². The Morgan fingerprint density at radius 3 is 2.55 bits per heavy atom. The Bertz CT molecular complexity index is 668. The fourth-order valence-corrected chi connectivity index (χ4v) is 6.20. The summed E-state index contributed by atoms with van der Waals surface area (Å²) in [7, 11) is -1.86. The summed E-state index contributed by atoms with van der Waals surface area (Å²) >= 11 is 0. The number of carbonyl (C=O) groups excluding carboxylic acids is 1. The zero-order valence-electron chi connectivity index (χ0n) is 17.6. The maximum Gasteiger partial charge on any atom is 0.303 e. The van der Waals surface area contributed by atoms with Crippen LogP contribution in [0.4, 0.5) is 0 Å². The first-order valence-corrected chi connectivity index (χ1v) is 12.2. The Kier molecular flexibility index (Phi) is 10.2. The third-order valence-electron chi connectivity index (χ3n) is 5.39. The molecule has 0 bridgehead atoms. The van der Waals surface area contributed by atoms with Gasteiger partial charge in [-0.1, -0.05) is 45.4 Å². The summed E-state index contributed by atoms with van der Waals surface area (Å²) in [5.74, 6) is 0.135. The molecule has 2 unspecified atom stereocenters. The van der Waals surface area contributed by atoms with Gasteiger partial charge < -0.3 is 9.26 Å². The number of nitrogens with zero attached hydrogens (tertiary/aromatic N) is 1. The zero-order chi connectivity index (χ0) is 21.1. The van der Waals surface area contributed by atoms with Gasteiger partial charge in [-0.3, -0.25) is 14.6 Å². The molecule has 2 rings (SSSR count). The number of hydroxylamine groups is 1. The lowest BCUT2D eigenvalue weighted by atomic mass is 10.0. The molecule has 0 spiro atoms. The van der Waals surface area contributed by atoms with E-state index in [0.29, 0.717) is 30.6 Å². The fraction of sp³-hybridized carbons (Fsp3) is 0.667. The first-order valence-electron chi connectivity index (χ1n) is 10.7. The standard InChI is InChI=1S/C21H35N2O5P/c1-3-4-5-6-7-8-11-20(21(24)22-25)23-16-9-10-17-28-29(23,26)19-14-12-18(27-2)13-15-19/h12-15,20,25H,3-11,16-17H2,1-2H3,(H,22,24). The van der Waals surface area contributed by atoms with Crippen molar-refractivity contribution in [3.05, 3.63) is 24.3 Å². The molecular formula is C21H35N2O5P. The number of methoxy groups -OCH3 is 1. The Morgan fingerprint density at radius 1 is 1.21 bits per heavy atom. The van der Waals surface area contributed by atoms with Crippen molar-refractivity contribution in [3.63, 3.8) is 0 Å². The highest BCUT2D eigenvalue weighted by Gasteiger charge is 2.42. The average Bonchev–Trinajstić information content (AvgIpc) is 2.95. The lowest BCUT2D eigenvalue weighted by Crippen LogP contribution is -2.46. The SMILES string of the molecule is CCCCCCCCC(C(=O)NO)N1CCCCOP1(=O)c1ccc(OC)cc1. The second-order valence-corrected chi connectivity index (χ2v) is 9.80. The maximum atomic E-state index is 14.0. The van der Waals surface area contributed by atoms with E-state index in [1.54, 1.807) is 41.5 Å². The van der Waals surface area contributed by atoms with Gasteiger partial charge in [0.2, 0.25) is 0 Å². The van der Waals surface area contributed by atoms with Crippen LogP contribution < -0.4 is 15.5 Å². The molecule has 1 heterocycles. The third-order valence-corrected chi connectivity index (χ3v) is 8.03. The van der Waals surface area contributed by atoms with Crippen molar-refractivity contribution in [1.82, 2.24) is 10.2 Å².